The van der Waals surface area contributed by atoms with Crippen LogP contribution in [0.4, 0.5) is 0 Å². The van der Waals surface area contributed by atoms with Gasteiger partial charge in [0.2, 0.25) is 0 Å². The minimum atomic E-state index is -0.0206. The van der Waals surface area contributed by atoms with E-state index in [1.54, 1.807) is 0 Å². The molecular formula is C13H23BO2. The summed E-state index contributed by atoms with van der Waals surface area (Å²) < 4.78 is 12.4. The van der Waals surface area contributed by atoms with E-state index < -0.39 is 0 Å². The van der Waals surface area contributed by atoms with Crippen molar-refractivity contribution < 1.29 is 9.31 Å². The van der Waals surface area contributed by atoms with E-state index in [9.17, 15) is 0 Å². The van der Waals surface area contributed by atoms with Crippen LogP contribution in [0, 0.1) is 17.3 Å². The summed E-state index contributed by atoms with van der Waals surface area (Å²) >= 11 is 0. The van der Waals surface area contributed by atoms with Gasteiger partial charge in [0.15, 0.2) is 0 Å². The van der Waals surface area contributed by atoms with E-state index >= 15 is 0 Å². The Kier molecular flexibility index (Phi) is 2.12. The zero-order chi connectivity index (χ0) is 11.7. The highest BCUT2D eigenvalue weighted by atomic mass is 16.7. The van der Waals surface area contributed by atoms with E-state index in [2.05, 4.69) is 34.6 Å². The van der Waals surface area contributed by atoms with E-state index in [4.69, 9.17) is 9.31 Å². The Morgan fingerprint density at radius 2 is 1.88 bits per heavy atom. The van der Waals surface area contributed by atoms with Crippen molar-refractivity contribution >= 4 is 7.12 Å². The first-order valence-electron chi connectivity index (χ1n) is 6.69. The molecule has 1 aliphatic heterocycles. The highest BCUT2D eigenvalue weighted by Gasteiger charge is 2.67. The van der Waals surface area contributed by atoms with Crippen LogP contribution in [0.25, 0.3) is 0 Å². The fourth-order valence-electron chi connectivity index (χ4n) is 4.19. The van der Waals surface area contributed by atoms with E-state index in [0.717, 1.165) is 5.92 Å². The third-order valence-electron chi connectivity index (χ3n) is 5.51. The van der Waals surface area contributed by atoms with Crippen molar-refractivity contribution in [3.63, 3.8) is 0 Å². The lowest BCUT2D eigenvalue weighted by Gasteiger charge is -2.64. The van der Waals surface area contributed by atoms with Crippen LogP contribution < -0.4 is 0 Å². The van der Waals surface area contributed by atoms with Crippen molar-refractivity contribution in [3.8, 4) is 0 Å². The summed E-state index contributed by atoms with van der Waals surface area (Å²) in [5, 5.41) is 0. The van der Waals surface area contributed by atoms with Crippen LogP contribution >= 0.6 is 0 Å². The van der Waals surface area contributed by atoms with Crippen LogP contribution in [-0.2, 0) is 9.31 Å². The van der Waals surface area contributed by atoms with Gasteiger partial charge in [0.1, 0.15) is 0 Å². The molecule has 0 radical (unpaired) electrons. The van der Waals surface area contributed by atoms with Crippen LogP contribution in [0.15, 0.2) is 0 Å². The predicted molar refractivity (Wildman–Crippen MR) is 65.2 cm³/mol. The Morgan fingerprint density at radius 3 is 2.44 bits per heavy atom. The van der Waals surface area contributed by atoms with E-state index in [0.29, 0.717) is 23.3 Å². The van der Waals surface area contributed by atoms with Crippen LogP contribution in [0.2, 0.25) is 5.82 Å². The maximum Gasteiger partial charge on any atom is 0.460 e. The molecule has 4 aliphatic rings. The average molecular weight is 222 g/mol. The van der Waals surface area contributed by atoms with E-state index in [1.165, 1.54) is 12.8 Å². The van der Waals surface area contributed by atoms with Crippen molar-refractivity contribution in [3.05, 3.63) is 0 Å². The molecular weight excluding hydrogens is 199 g/mol. The summed E-state index contributed by atoms with van der Waals surface area (Å²) in [7, 11) is 0.0187. The Bertz CT molecular complexity index is 315. The maximum atomic E-state index is 6.28. The minimum Gasteiger partial charge on any atom is -0.405 e. The SMILES string of the molecule is CC(C)B1O[C@@H]2C[C@@H]3C[C@@H](C3(C)C)[C@]2(C)O1. The number of hydrogen-bond acceptors (Lipinski definition) is 2. The molecule has 90 valence electrons. The first-order valence-corrected chi connectivity index (χ1v) is 6.69. The average Bonchev–Trinajstić information content (AvgIpc) is 2.54. The van der Waals surface area contributed by atoms with Crippen molar-refractivity contribution in [1.29, 1.82) is 0 Å². The molecule has 3 aliphatic carbocycles. The molecule has 1 saturated heterocycles. The van der Waals surface area contributed by atoms with Gasteiger partial charge in [-0.25, -0.2) is 0 Å². The topological polar surface area (TPSA) is 18.5 Å². The Hall–Kier alpha value is -0.0151. The van der Waals surface area contributed by atoms with Crippen LogP contribution in [0.5, 0.6) is 0 Å². The molecule has 3 saturated carbocycles. The van der Waals surface area contributed by atoms with Crippen molar-refractivity contribution in [2.75, 3.05) is 0 Å². The molecule has 1 heterocycles. The zero-order valence-electron chi connectivity index (χ0n) is 11.1. The van der Waals surface area contributed by atoms with Crippen LogP contribution in [-0.4, -0.2) is 18.8 Å². The summed E-state index contributed by atoms with van der Waals surface area (Å²) in [6.45, 7) is 11.4. The van der Waals surface area contributed by atoms with Gasteiger partial charge in [0, 0.05) is 0 Å². The molecule has 0 aromatic carbocycles. The van der Waals surface area contributed by atoms with Gasteiger partial charge >= 0.3 is 7.12 Å². The number of hydrogen-bond donors (Lipinski definition) is 0. The minimum absolute atomic E-state index is 0.0187. The summed E-state index contributed by atoms with van der Waals surface area (Å²) in [6, 6.07) is 0. The summed E-state index contributed by atoms with van der Waals surface area (Å²) in [4.78, 5) is 0. The molecule has 2 bridgehead atoms. The molecule has 0 spiro atoms. The maximum absolute atomic E-state index is 6.28. The summed E-state index contributed by atoms with van der Waals surface area (Å²) in [5.74, 6) is 2.00. The van der Waals surface area contributed by atoms with Crippen LogP contribution in [0.1, 0.15) is 47.5 Å². The summed E-state index contributed by atoms with van der Waals surface area (Å²) in [5.41, 5.74) is 0.438. The third-order valence-corrected chi connectivity index (χ3v) is 5.51. The molecule has 0 unspecified atom stereocenters. The molecule has 2 nitrogen and oxygen atoms in total. The Balaban J connectivity index is 1.87. The van der Waals surface area contributed by atoms with Crippen molar-refractivity contribution in [1.82, 2.24) is 0 Å². The van der Waals surface area contributed by atoms with Gasteiger partial charge in [0.25, 0.3) is 0 Å². The molecule has 0 amide bonds. The van der Waals surface area contributed by atoms with Gasteiger partial charge in [0.05, 0.1) is 11.7 Å². The standard InChI is InChI=1S/C13H23BO2/c1-8(2)14-15-11-7-9-6-10(12(9,3)4)13(11,5)16-14/h8-11H,6-7H2,1-5H3/t9-,10-,11+,13-/m0/s1. The monoisotopic (exact) mass is 222 g/mol. The third kappa shape index (κ3) is 1.17. The fourth-order valence-corrected chi connectivity index (χ4v) is 4.19. The lowest BCUT2D eigenvalue weighted by atomic mass is 9.43. The largest absolute Gasteiger partial charge is 0.460 e. The normalized spacial score (nSPS) is 49.1. The van der Waals surface area contributed by atoms with Crippen molar-refractivity contribution in [2.45, 2.75) is 65.0 Å². The molecule has 4 rings (SSSR count). The summed E-state index contributed by atoms with van der Waals surface area (Å²) in [6.07, 6.45) is 2.88. The van der Waals surface area contributed by atoms with Gasteiger partial charge in [-0.1, -0.05) is 27.7 Å². The molecule has 0 N–H and O–H groups in total. The molecule has 16 heavy (non-hydrogen) atoms. The fraction of sp³-hybridized carbons (Fsp3) is 1.00. The van der Waals surface area contributed by atoms with Gasteiger partial charge in [-0.15, -0.1) is 0 Å². The van der Waals surface area contributed by atoms with E-state index in [1.807, 2.05) is 0 Å². The molecule has 4 atom stereocenters. The number of rotatable bonds is 1. The smallest absolute Gasteiger partial charge is 0.405 e. The van der Waals surface area contributed by atoms with Crippen molar-refractivity contribution in [2.24, 2.45) is 17.3 Å². The Morgan fingerprint density at radius 1 is 1.19 bits per heavy atom. The molecule has 4 fully saturated rings. The van der Waals surface area contributed by atoms with E-state index in [-0.39, 0.29) is 12.7 Å². The first-order chi connectivity index (χ1) is 7.35. The molecule has 3 heteroatoms. The van der Waals surface area contributed by atoms with Gasteiger partial charge in [-0.05, 0) is 42.8 Å². The van der Waals surface area contributed by atoms with Gasteiger partial charge in [-0.3, -0.25) is 0 Å². The predicted octanol–water partition coefficient (Wildman–Crippen LogP) is 3.12. The lowest BCUT2D eigenvalue weighted by molar-refractivity contribution is -0.199. The Labute approximate surface area is 99.2 Å². The quantitative estimate of drug-likeness (QED) is 0.634. The highest BCUT2D eigenvalue weighted by molar-refractivity contribution is 6.47. The van der Waals surface area contributed by atoms with Crippen LogP contribution in [0.3, 0.4) is 0 Å². The molecule has 0 aromatic heterocycles. The van der Waals surface area contributed by atoms with Gasteiger partial charge < -0.3 is 9.31 Å². The molecule has 0 aromatic rings. The van der Waals surface area contributed by atoms with Gasteiger partial charge in [-0.2, -0.15) is 0 Å². The highest BCUT2D eigenvalue weighted by Crippen LogP contribution is 2.65. The second kappa shape index (κ2) is 3.05. The second-order valence-electron chi connectivity index (χ2n) is 7.08. The second-order valence-corrected chi connectivity index (χ2v) is 7.08. The first kappa shape index (κ1) is 11.1. The lowest BCUT2D eigenvalue weighted by Crippen LogP contribution is -2.65. The zero-order valence-corrected chi connectivity index (χ0v) is 11.1.